The van der Waals surface area contributed by atoms with Crippen LogP contribution in [-0.2, 0) is 11.2 Å². The van der Waals surface area contributed by atoms with Gasteiger partial charge in [0.05, 0.1) is 11.7 Å². The van der Waals surface area contributed by atoms with Crippen LogP contribution in [0.2, 0.25) is 0 Å². The van der Waals surface area contributed by atoms with Gasteiger partial charge in [-0.05, 0) is 66.9 Å². The fraction of sp³-hybridized carbons (Fsp3) is 0.333. The number of hydrogen-bond donors (Lipinski definition) is 3. The smallest absolute Gasteiger partial charge is 0.444 e. The first kappa shape index (κ1) is 22.3. The van der Waals surface area contributed by atoms with Gasteiger partial charge in [-0.3, -0.25) is 0 Å². The number of aromatic nitrogens is 1. The lowest BCUT2D eigenvalue weighted by atomic mass is 9.77. The van der Waals surface area contributed by atoms with Crippen molar-refractivity contribution in [3.05, 3.63) is 57.8 Å². The SMILES string of the molecule is CC(C)(C)OC(=O)NC(Cc1cc(F)cc(F)c1)c1nc(Br)ccc1B(O)O. The number of pyridine rings is 1. The minimum atomic E-state index is -1.86. The van der Waals surface area contributed by atoms with Crippen molar-refractivity contribution in [2.45, 2.75) is 38.8 Å². The zero-order valence-electron chi connectivity index (χ0n) is 15.5. The molecule has 2 aromatic rings. The molecule has 28 heavy (non-hydrogen) atoms. The Labute approximate surface area is 170 Å². The Morgan fingerprint density at radius 1 is 1.25 bits per heavy atom. The Morgan fingerprint density at radius 3 is 2.39 bits per heavy atom. The molecule has 1 atom stereocenters. The summed E-state index contributed by atoms with van der Waals surface area (Å²) in [6, 6.07) is 4.97. The Morgan fingerprint density at radius 2 is 1.86 bits per heavy atom. The maximum atomic E-state index is 13.6. The first-order chi connectivity index (χ1) is 12.9. The summed E-state index contributed by atoms with van der Waals surface area (Å²) in [5, 5.41) is 21.9. The highest BCUT2D eigenvalue weighted by molar-refractivity contribution is 9.10. The maximum Gasteiger partial charge on any atom is 0.490 e. The molecular formula is C18H20BBrF2N2O4. The molecule has 0 aliphatic heterocycles. The zero-order valence-corrected chi connectivity index (χ0v) is 17.1. The number of nitrogens with zero attached hydrogens (tertiary/aromatic N) is 1. The summed E-state index contributed by atoms with van der Waals surface area (Å²) in [7, 11) is -1.86. The molecule has 1 aromatic carbocycles. The average Bonchev–Trinajstić information content (AvgIpc) is 2.51. The fourth-order valence-corrected chi connectivity index (χ4v) is 2.91. The molecule has 10 heteroatoms. The van der Waals surface area contributed by atoms with Gasteiger partial charge in [0.1, 0.15) is 21.8 Å². The molecule has 0 bridgehead atoms. The number of rotatable bonds is 5. The lowest BCUT2D eigenvalue weighted by Gasteiger charge is -2.25. The van der Waals surface area contributed by atoms with Crippen molar-refractivity contribution in [2.75, 3.05) is 0 Å². The normalized spacial score (nSPS) is 12.4. The van der Waals surface area contributed by atoms with Crippen LogP contribution < -0.4 is 10.8 Å². The van der Waals surface area contributed by atoms with E-state index in [0.717, 1.165) is 18.2 Å². The van der Waals surface area contributed by atoms with Gasteiger partial charge in [-0.15, -0.1) is 0 Å². The van der Waals surface area contributed by atoms with Gasteiger partial charge in [0, 0.05) is 11.5 Å². The van der Waals surface area contributed by atoms with Crippen LogP contribution in [0.3, 0.4) is 0 Å². The quantitative estimate of drug-likeness (QED) is 0.475. The van der Waals surface area contributed by atoms with Crippen molar-refractivity contribution in [1.82, 2.24) is 10.3 Å². The highest BCUT2D eigenvalue weighted by Gasteiger charge is 2.27. The lowest BCUT2D eigenvalue weighted by molar-refractivity contribution is 0.0502. The highest BCUT2D eigenvalue weighted by Crippen LogP contribution is 2.21. The zero-order chi connectivity index (χ0) is 21.1. The molecular weight excluding hydrogens is 437 g/mol. The van der Waals surface area contributed by atoms with Gasteiger partial charge >= 0.3 is 13.2 Å². The Kier molecular flexibility index (Phi) is 7.14. The lowest BCUT2D eigenvalue weighted by Crippen LogP contribution is -2.41. The first-order valence-corrected chi connectivity index (χ1v) is 9.21. The number of amides is 1. The van der Waals surface area contributed by atoms with E-state index in [1.165, 1.54) is 12.1 Å². The van der Waals surface area contributed by atoms with E-state index in [2.05, 4.69) is 26.2 Å². The van der Waals surface area contributed by atoms with E-state index in [-0.39, 0.29) is 23.1 Å². The van der Waals surface area contributed by atoms with Crippen LogP contribution in [0.5, 0.6) is 0 Å². The molecule has 0 saturated carbocycles. The van der Waals surface area contributed by atoms with Crippen LogP contribution in [-0.4, -0.2) is 33.8 Å². The van der Waals surface area contributed by atoms with Crippen molar-refractivity contribution < 1.29 is 28.4 Å². The molecule has 0 fully saturated rings. The molecule has 0 spiro atoms. The summed E-state index contributed by atoms with van der Waals surface area (Å²) >= 11 is 3.20. The van der Waals surface area contributed by atoms with Gasteiger partial charge in [0.15, 0.2) is 0 Å². The summed E-state index contributed by atoms with van der Waals surface area (Å²) < 4.78 is 32.8. The van der Waals surface area contributed by atoms with Crippen molar-refractivity contribution >= 4 is 34.6 Å². The topological polar surface area (TPSA) is 91.7 Å². The summed E-state index contributed by atoms with van der Waals surface area (Å²) in [5.41, 5.74) is -0.358. The van der Waals surface area contributed by atoms with Crippen molar-refractivity contribution in [3.63, 3.8) is 0 Å². The minimum absolute atomic E-state index is 0.0427. The van der Waals surface area contributed by atoms with Crippen LogP contribution >= 0.6 is 15.9 Å². The summed E-state index contributed by atoms with van der Waals surface area (Å²) in [5.74, 6) is -1.54. The molecule has 0 aliphatic rings. The first-order valence-electron chi connectivity index (χ1n) is 8.41. The van der Waals surface area contributed by atoms with E-state index in [4.69, 9.17) is 4.74 Å². The molecule has 1 amide bonds. The van der Waals surface area contributed by atoms with E-state index in [1.807, 2.05) is 0 Å². The summed E-state index contributed by atoms with van der Waals surface area (Å²) in [6.45, 7) is 5.05. The van der Waals surface area contributed by atoms with Crippen LogP contribution in [0.25, 0.3) is 0 Å². The second-order valence-electron chi connectivity index (χ2n) is 7.16. The molecule has 1 aromatic heterocycles. The molecule has 0 aliphatic carbocycles. The Bertz CT molecular complexity index is 842. The van der Waals surface area contributed by atoms with Gasteiger partial charge < -0.3 is 20.1 Å². The fourth-order valence-electron chi connectivity index (χ4n) is 2.59. The van der Waals surface area contributed by atoms with Gasteiger partial charge in [-0.1, -0.05) is 6.07 Å². The number of alkyl carbamates (subject to hydrolysis) is 1. The number of halogens is 3. The average molecular weight is 457 g/mol. The molecule has 0 radical (unpaired) electrons. The number of hydrogen-bond acceptors (Lipinski definition) is 5. The van der Waals surface area contributed by atoms with Crippen molar-refractivity contribution in [3.8, 4) is 0 Å². The molecule has 3 N–H and O–H groups in total. The maximum absolute atomic E-state index is 13.6. The van der Waals surface area contributed by atoms with Gasteiger partial charge in [0.2, 0.25) is 0 Å². The van der Waals surface area contributed by atoms with Crippen LogP contribution in [0.4, 0.5) is 13.6 Å². The molecule has 2 rings (SSSR count). The third-order valence-corrected chi connectivity index (χ3v) is 4.03. The Hall–Kier alpha value is -2.04. The van der Waals surface area contributed by atoms with Gasteiger partial charge in [0.25, 0.3) is 0 Å². The van der Waals surface area contributed by atoms with Crippen molar-refractivity contribution in [1.29, 1.82) is 0 Å². The number of ether oxygens (including phenoxy) is 1. The second-order valence-corrected chi connectivity index (χ2v) is 7.98. The monoisotopic (exact) mass is 456 g/mol. The second kappa shape index (κ2) is 8.98. The Balaban J connectivity index is 2.44. The standard InChI is InChI=1S/C18H20BBrF2N2O4/c1-18(2,3)28-17(25)23-14(8-10-6-11(21)9-12(22)7-10)16-13(19(26)27)4-5-15(20)24-16/h4-7,9,14,26-27H,8H2,1-3H3,(H,23,25). The number of benzene rings is 1. The highest BCUT2D eigenvalue weighted by atomic mass is 79.9. The predicted molar refractivity (Wildman–Crippen MR) is 104 cm³/mol. The summed E-state index contributed by atoms with van der Waals surface area (Å²) in [4.78, 5) is 16.5. The molecule has 6 nitrogen and oxygen atoms in total. The third kappa shape index (κ3) is 6.54. The van der Waals surface area contributed by atoms with Crippen molar-refractivity contribution in [2.24, 2.45) is 0 Å². The molecule has 1 heterocycles. The predicted octanol–water partition coefficient (Wildman–Crippen LogP) is 2.61. The largest absolute Gasteiger partial charge is 0.490 e. The molecule has 1 unspecified atom stereocenters. The van der Waals surface area contributed by atoms with Crippen LogP contribution in [0.1, 0.15) is 38.1 Å². The van der Waals surface area contributed by atoms with E-state index in [1.54, 1.807) is 20.8 Å². The number of carbonyl (C=O) groups excluding carboxylic acids is 1. The van der Waals surface area contributed by atoms with E-state index in [9.17, 15) is 23.6 Å². The number of carbonyl (C=O) groups is 1. The van der Waals surface area contributed by atoms with Crippen LogP contribution in [0, 0.1) is 11.6 Å². The van der Waals surface area contributed by atoms with Crippen LogP contribution in [0.15, 0.2) is 34.9 Å². The molecule has 150 valence electrons. The van der Waals surface area contributed by atoms with Gasteiger partial charge in [-0.25, -0.2) is 18.6 Å². The van der Waals surface area contributed by atoms with E-state index >= 15 is 0 Å². The van der Waals surface area contributed by atoms with Gasteiger partial charge in [-0.2, -0.15) is 0 Å². The summed E-state index contributed by atoms with van der Waals surface area (Å²) in [6.07, 6.45) is -0.841. The molecule has 0 saturated heterocycles. The minimum Gasteiger partial charge on any atom is -0.444 e. The van der Waals surface area contributed by atoms with E-state index in [0.29, 0.717) is 4.60 Å². The third-order valence-electron chi connectivity index (χ3n) is 3.58. The van der Waals surface area contributed by atoms with E-state index < -0.39 is 36.5 Å². The number of nitrogens with one attached hydrogen (secondary N) is 1.